The van der Waals surface area contributed by atoms with Gasteiger partial charge in [-0.2, -0.15) is 5.26 Å². The van der Waals surface area contributed by atoms with Gasteiger partial charge in [-0.1, -0.05) is 61.0 Å². The first kappa shape index (κ1) is 29.6. The molecule has 0 spiro atoms. The summed E-state index contributed by atoms with van der Waals surface area (Å²) in [5.41, 5.74) is 1.61. The van der Waals surface area contributed by atoms with Crippen LogP contribution in [0.1, 0.15) is 49.3 Å². The largest absolute Gasteiger partial charge is 0.364 e. The molecule has 8 nitrogen and oxygen atoms in total. The zero-order valence-corrected chi connectivity index (χ0v) is 23.1. The zero-order chi connectivity index (χ0) is 29.6. The number of anilines is 1. The molecule has 2 aliphatic heterocycles. The summed E-state index contributed by atoms with van der Waals surface area (Å²) in [6.07, 6.45) is 0.137. The van der Waals surface area contributed by atoms with Gasteiger partial charge >= 0.3 is 0 Å². The maximum absolute atomic E-state index is 14.3. The molecule has 210 valence electrons. The lowest BCUT2D eigenvalue weighted by Crippen LogP contribution is -2.51. The Morgan fingerprint density at radius 2 is 1.80 bits per heavy atom. The number of benzene rings is 3. The molecule has 2 unspecified atom stereocenters. The lowest BCUT2D eigenvalue weighted by atomic mass is 9.72. The number of amides is 3. The van der Waals surface area contributed by atoms with Crippen molar-refractivity contribution >= 4 is 40.7 Å². The van der Waals surface area contributed by atoms with Gasteiger partial charge in [0.2, 0.25) is 18.0 Å². The molecular formula is C31H28ClFN4O4. The third-order valence-electron chi connectivity index (χ3n) is 7.22. The van der Waals surface area contributed by atoms with Gasteiger partial charge in [0.05, 0.1) is 29.3 Å². The number of nitrogens with one attached hydrogen (secondary N) is 1. The van der Waals surface area contributed by atoms with Crippen LogP contribution in [0.5, 0.6) is 0 Å². The summed E-state index contributed by atoms with van der Waals surface area (Å²) in [7, 11) is 0. The monoisotopic (exact) mass is 574 g/mol. The highest BCUT2D eigenvalue weighted by molar-refractivity contribution is 6.32. The highest BCUT2D eigenvalue weighted by atomic mass is 35.5. The number of benzodiazepines with no additional fused rings is 1. The fourth-order valence-corrected chi connectivity index (χ4v) is 5.19. The van der Waals surface area contributed by atoms with Crippen molar-refractivity contribution in [1.82, 2.24) is 5.32 Å². The van der Waals surface area contributed by atoms with Crippen molar-refractivity contribution in [2.75, 3.05) is 11.4 Å². The second-order valence-corrected chi connectivity index (χ2v) is 10.0. The van der Waals surface area contributed by atoms with Gasteiger partial charge in [0, 0.05) is 29.1 Å². The van der Waals surface area contributed by atoms with E-state index in [1.54, 1.807) is 24.3 Å². The minimum Gasteiger partial charge on any atom is -0.364 e. The molecule has 3 amide bonds. The maximum Gasteiger partial charge on any atom is 0.278 e. The van der Waals surface area contributed by atoms with E-state index in [1.807, 2.05) is 43.3 Å². The van der Waals surface area contributed by atoms with Crippen molar-refractivity contribution in [2.45, 2.75) is 44.2 Å². The number of hydrogen-bond donors (Lipinski definition) is 2. The summed E-state index contributed by atoms with van der Waals surface area (Å²) in [5, 5.41) is 21.8. The quantitative estimate of drug-likeness (QED) is 0.429. The second kappa shape index (κ2) is 12.9. The summed E-state index contributed by atoms with van der Waals surface area (Å²) in [4.78, 5) is 41.0. The molecule has 0 aromatic heterocycles. The number of halogens is 2. The number of fused-ring (bicyclic) bond motifs is 1. The Morgan fingerprint density at radius 3 is 2.46 bits per heavy atom. The number of aliphatic hydroxyl groups is 1. The van der Waals surface area contributed by atoms with Crippen LogP contribution in [0.2, 0.25) is 5.02 Å². The van der Waals surface area contributed by atoms with Crippen LogP contribution in [0.3, 0.4) is 0 Å². The number of piperidine rings is 1. The molecule has 0 saturated carbocycles. The molecule has 0 aliphatic carbocycles. The highest BCUT2D eigenvalue weighted by Crippen LogP contribution is 2.35. The van der Waals surface area contributed by atoms with E-state index in [4.69, 9.17) is 16.9 Å². The Bertz CT molecular complexity index is 1540. The number of nitriles is 1. The molecule has 5 rings (SSSR count). The highest BCUT2D eigenvalue weighted by Gasteiger charge is 2.42. The van der Waals surface area contributed by atoms with Gasteiger partial charge in [0.25, 0.3) is 5.91 Å². The Hall–Kier alpha value is -4.39. The number of aliphatic imine (C=N–C) groups is 1. The predicted octanol–water partition coefficient (Wildman–Crippen LogP) is 4.67. The standard InChI is InChI=1S/C18H13ClFN3O2.C13H15NO2/c19-11-6-7-15-13(10-11)16(12-4-1-2-5-14(12)20)22-17(24)18(25)23(15)9-3-8-21;1-2-13(10-6-4-3-5-7-10)9-8-11(15)14-12(13)16/h1-2,4-7,10,17,24H,3,9H2;3-7H,2,8-9H2,1H3,(H,14,15,16). The number of aliphatic hydroxyl groups excluding tert-OH is 1. The first-order valence-electron chi connectivity index (χ1n) is 13.1. The molecule has 1 saturated heterocycles. The molecule has 2 atom stereocenters. The van der Waals surface area contributed by atoms with Gasteiger partial charge in [-0.25, -0.2) is 9.38 Å². The van der Waals surface area contributed by atoms with Gasteiger partial charge in [-0.05, 0) is 48.7 Å². The van der Waals surface area contributed by atoms with E-state index in [1.165, 1.54) is 23.1 Å². The summed E-state index contributed by atoms with van der Waals surface area (Å²) in [6.45, 7) is 2.07. The van der Waals surface area contributed by atoms with Gasteiger partial charge in [-0.3, -0.25) is 19.7 Å². The molecule has 3 aromatic carbocycles. The molecule has 2 N–H and O–H groups in total. The van der Waals surface area contributed by atoms with Crippen LogP contribution in [0.4, 0.5) is 10.1 Å². The van der Waals surface area contributed by atoms with E-state index < -0.39 is 23.4 Å². The van der Waals surface area contributed by atoms with Gasteiger partial charge in [-0.15, -0.1) is 0 Å². The van der Waals surface area contributed by atoms with E-state index in [0.29, 0.717) is 29.1 Å². The SMILES string of the molecule is CCC1(c2ccccc2)CCC(=O)NC1=O.N#CCCN1C(=O)C(O)N=C(c2ccccc2F)c2cc(Cl)ccc21. The van der Waals surface area contributed by atoms with Gasteiger partial charge < -0.3 is 10.0 Å². The molecule has 1 fully saturated rings. The van der Waals surface area contributed by atoms with E-state index in [0.717, 1.165) is 12.0 Å². The topological polar surface area (TPSA) is 123 Å². The van der Waals surface area contributed by atoms with Crippen molar-refractivity contribution in [2.24, 2.45) is 4.99 Å². The van der Waals surface area contributed by atoms with Crippen molar-refractivity contribution < 1.29 is 23.9 Å². The minimum absolute atomic E-state index is 0.0789. The first-order valence-corrected chi connectivity index (χ1v) is 13.5. The number of rotatable bonds is 5. The number of hydrogen-bond acceptors (Lipinski definition) is 6. The maximum atomic E-state index is 14.3. The van der Waals surface area contributed by atoms with Crippen LogP contribution in [-0.4, -0.2) is 41.3 Å². The third-order valence-corrected chi connectivity index (χ3v) is 7.45. The third kappa shape index (κ3) is 6.19. The van der Waals surface area contributed by atoms with Crippen LogP contribution >= 0.6 is 11.6 Å². The first-order chi connectivity index (χ1) is 19.7. The zero-order valence-electron chi connectivity index (χ0n) is 22.3. The Morgan fingerprint density at radius 1 is 1.10 bits per heavy atom. The second-order valence-electron chi connectivity index (χ2n) is 9.57. The van der Waals surface area contributed by atoms with Crippen molar-refractivity contribution in [3.05, 3.63) is 100 Å². The van der Waals surface area contributed by atoms with Crippen LogP contribution < -0.4 is 10.2 Å². The molecule has 0 radical (unpaired) electrons. The molecular weight excluding hydrogens is 547 g/mol. The fourth-order valence-electron chi connectivity index (χ4n) is 5.02. The predicted molar refractivity (Wildman–Crippen MR) is 153 cm³/mol. The Kier molecular flexibility index (Phi) is 9.28. The molecule has 3 aromatic rings. The van der Waals surface area contributed by atoms with E-state index in [2.05, 4.69) is 10.3 Å². The summed E-state index contributed by atoms with van der Waals surface area (Å²) < 4.78 is 14.3. The lowest BCUT2D eigenvalue weighted by molar-refractivity contribution is -0.138. The molecule has 2 heterocycles. The number of imide groups is 1. The van der Waals surface area contributed by atoms with E-state index >= 15 is 0 Å². The normalized spacial score (nSPS) is 20.1. The van der Waals surface area contributed by atoms with Crippen molar-refractivity contribution in [1.29, 1.82) is 5.26 Å². The fraction of sp³-hybridized carbons (Fsp3) is 0.258. The van der Waals surface area contributed by atoms with Crippen LogP contribution in [0, 0.1) is 17.1 Å². The molecule has 41 heavy (non-hydrogen) atoms. The average Bonchev–Trinajstić information content (AvgIpc) is 3.07. The number of carbonyl (C=O) groups is 3. The van der Waals surface area contributed by atoms with E-state index in [9.17, 15) is 23.9 Å². The van der Waals surface area contributed by atoms with Crippen LogP contribution in [0.15, 0.2) is 77.8 Å². The van der Waals surface area contributed by atoms with Crippen LogP contribution in [-0.2, 0) is 19.8 Å². The van der Waals surface area contributed by atoms with Crippen molar-refractivity contribution in [3.63, 3.8) is 0 Å². The Balaban J connectivity index is 0.000000208. The number of nitrogens with zero attached hydrogens (tertiary/aromatic N) is 3. The average molecular weight is 575 g/mol. The lowest BCUT2D eigenvalue weighted by Gasteiger charge is -2.34. The Labute approximate surface area is 242 Å². The van der Waals surface area contributed by atoms with Gasteiger partial charge in [0.1, 0.15) is 5.82 Å². The summed E-state index contributed by atoms with van der Waals surface area (Å²) in [5.74, 6) is -1.52. The molecule has 2 aliphatic rings. The van der Waals surface area contributed by atoms with E-state index in [-0.39, 0.29) is 36.1 Å². The smallest absolute Gasteiger partial charge is 0.278 e. The van der Waals surface area contributed by atoms with Gasteiger partial charge in [0.15, 0.2) is 0 Å². The summed E-state index contributed by atoms with van der Waals surface area (Å²) >= 11 is 6.08. The number of carbonyl (C=O) groups excluding carboxylic acids is 3. The molecule has 10 heteroatoms. The van der Waals surface area contributed by atoms with Crippen molar-refractivity contribution in [3.8, 4) is 6.07 Å². The molecule has 0 bridgehead atoms. The minimum atomic E-state index is -1.69. The summed E-state index contributed by atoms with van der Waals surface area (Å²) in [6, 6.07) is 22.4. The van der Waals surface area contributed by atoms with Crippen LogP contribution in [0.25, 0.3) is 0 Å².